The topological polar surface area (TPSA) is 105 Å². The predicted octanol–water partition coefficient (Wildman–Crippen LogP) is 0.658. The highest BCUT2D eigenvalue weighted by Gasteiger charge is 2.04. The van der Waals surface area contributed by atoms with Gasteiger partial charge in [0, 0.05) is 25.3 Å². The minimum absolute atomic E-state index is 0.190. The minimum Gasteiger partial charge on any atom is -0.478 e. The molecule has 7 nitrogen and oxygen atoms in total. The number of aliphatic carboxylic acids is 1. The lowest BCUT2D eigenvalue weighted by Gasteiger charge is -2.07. The summed E-state index contributed by atoms with van der Waals surface area (Å²) < 4.78 is 5.32. The Bertz CT molecular complexity index is 339. The Morgan fingerprint density at radius 2 is 1.89 bits per heavy atom. The smallest absolute Gasteiger partial charge is 0.328 e. The van der Waals surface area contributed by atoms with Crippen LogP contribution in [0.5, 0.6) is 0 Å². The monoisotopic (exact) mass is 272 g/mol. The van der Waals surface area contributed by atoms with Crippen LogP contribution in [0.3, 0.4) is 0 Å². The summed E-state index contributed by atoms with van der Waals surface area (Å²) >= 11 is 0. The Morgan fingerprint density at radius 3 is 2.47 bits per heavy atom. The van der Waals surface area contributed by atoms with Crippen LogP contribution < -0.4 is 10.6 Å². The van der Waals surface area contributed by atoms with E-state index in [0.29, 0.717) is 19.2 Å². The molecular weight excluding hydrogens is 252 g/mol. The van der Waals surface area contributed by atoms with Crippen LogP contribution in [0.1, 0.15) is 26.7 Å². The van der Waals surface area contributed by atoms with E-state index in [-0.39, 0.29) is 6.10 Å². The molecule has 0 aliphatic carbocycles. The fourth-order valence-corrected chi connectivity index (χ4v) is 1.09. The number of unbranched alkanes of at least 4 members (excludes halogenated alkanes) is 1. The predicted molar refractivity (Wildman–Crippen MR) is 68.6 cm³/mol. The van der Waals surface area contributed by atoms with Crippen molar-refractivity contribution in [1.29, 1.82) is 0 Å². The number of hydrogen-bond acceptors (Lipinski definition) is 4. The first-order valence-electron chi connectivity index (χ1n) is 6.03. The molecule has 0 aliphatic heterocycles. The van der Waals surface area contributed by atoms with Crippen LogP contribution in [-0.4, -0.2) is 42.3 Å². The van der Waals surface area contributed by atoms with Gasteiger partial charge in [-0.05, 0) is 26.7 Å². The Kier molecular flexibility index (Phi) is 9.07. The molecule has 0 unspecified atom stereocenters. The van der Waals surface area contributed by atoms with E-state index >= 15 is 0 Å². The van der Waals surface area contributed by atoms with Gasteiger partial charge in [-0.25, -0.2) is 9.59 Å². The van der Waals surface area contributed by atoms with E-state index in [4.69, 9.17) is 9.84 Å². The second-order valence-electron chi connectivity index (χ2n) is 4.04. The lowest BCUT2D eigenvalue weighted by atomic mass is 10.3. The number of nitrogens with one attached hydrogen (secondary N) is 2. The Morgan fingerprint density at radius 1 is 1.21 bits per heavy atom. The van der Waals surface area contributed by atoms with E-state index in [1.807, 2.05) is 19.2 Å². The summed E-state index contributed by atoms with van der Waals surface area (Å²) in [6, 6.07) is -0.648. The summed E-state index contributed by atoms with van der Waals surface area (Å²) in [4.78, 5) is 32.3. The zero-order chi connectivity index (χ0) is 14.7. The maximum absolute atomic E-state index is 11.2. The molecule has 0 rings (SSSR count). The van der Waals surface area contributed by atoms with Crippen molar-refractivity contribution < 1.29 is 24.2 Å². The van der Waals surface area contributed by atoms with Gasteiger partial charge in [-0.1, -0.05) is 0 Å². The van der Waals surface area contributed by atoms with Crippen molar-refractivity contribution in [2.24, 2.45) is 0 Å². The molecule has 108 valence electrons. The number of carbonyl (C=O) groups is 3. The van der Waals surface area contributed by atoms with Crippen molar-refractivity contribution in [3.63, 3.8) is 0 Å². The number of rotatable bonds is 8. The number of carboxylic acid groups (broad SMARTS) is 1. The molecular formula is C12H20N2O5. The summed E-state index contributed by atoms with van der Waals surface area (Å²) in [5.74, 6) is -2.02. The molecule has 0 fully saturated rings. The third kappa shape index (κ3) is 12.4. The van der Waals surface area contributed by atoms with Crippen LogP contribution in [0.25, 0.3) is 0 Å². The zero-order valence-electron chi connectivity index (χ0n) is 11.1. The van der Waals surface area contributed by atoms with Crippen LogP contribution in [-0.2, 0) is 14.3 Å². The lowest BCUT2D eigenvalue weighted by molar-refractivity contribution is -0.131. The van der Waals surface area contributed by atoms with Crippen LogP contribution >= 0.6 is 0 Å². The van der Waals surface area contributed by atoms with Crippen molar-refractivity contribution in [1.82, 2.24) is 10.6 Å². The minimum atomic E-state index is -1.25. The second kappa shape index (κ2) is 10.1. The molecule has 0 aromatic rings. The maximum Gasteiger partial charge on any atom is 0.328 e. The normalized spacial score (nSPS) is 10.7. The summed E-state index contributed by atoms with van der Waals surface area (Å²) in [6.45, 7) is 4.94. The Hall–Kier alpha value is -1.89. The quantitative estimate of drug-likeness (QED) is 0.444. The summed E-state index contributed by atoms with van der Waals surface area (Å²) in [7, 11) is 0. The van der Waals surface area contributed by atoms with Gasteiger partial charge in [-0.15, -0.1) is 0 Å². The van der Waals surface area contributed by atoms with Crippen molar-refractivity contribution in [3.05, 3.63) is 12.2 Å². The van der Waals surface area contributed by atoms with Gasteiger partial charge in [0.05, 0.1) is 6.10 Å². The van der Waals surface area contributed by atoms with Gasteiger partial charge in [0.25, 0.3) is 5.91 Å². The molecule has 0 spiro atoms. The van der Waals surface area contributed by atoms with Crippen LogP contribution in [0, 0.1) is 0 Å². The number of hydrogen-bond donors (Lipinski definition) is 3. The van der Waals surface area contributed by atoms with Gasteiger partial charge in [0.2, 0.25) is 0 Å². The van der Waals surface area contributed by atoms with Crippen LogP contribution in [0.15, 0.2) is 12.2 Å². The highest BCUT2D eigenvalue weighted by Crippen LogP contribution is 1.93. The first-order chi connectivity index (χ1) is 8.91. The summed E-state index contributed by atoms with van der Waals surface area (Å²) in [5, 5.41) is 12.7. The van der Waals surface area contributed by atoms with Crippen molar-refractivity contribution in [2.75, 3.05) is 13.2 Å². The van der Waals surface area contributed by atoms with Gasteiger partial charge in [-0.3, -0.25) is 10.1 Å². The van der Waals surface area contributed by atoms with E-state index in [1.54, 1.807) is 0 Å². The third-order valence-electron chi connectivity index (χ3n) is 1.92. The first kappa shape index (κ1) is 17.1. The average molecular weight is 272 g/mol. The van der Waals surface area contributed by atoms with Gasteiger partial charge in [0.1, 0.15) is 0 Å². The van der Waals surface area contributed by atoms with Gasteiger partial charge < -0.3 is 15.2 Å². The number of carboxylic acids is 1. The molecule has 19 heavy (non-hydrogen) atoms. The molecule has 0 saturated carbocycles. The zero-order valence-corrected chi connectivity index (χ0v) is 11.1. The average Bonchev–Trinajstić information content (AvgIpc) is 2.30. The number of ether oxygens (including phenoxy) is 1. The number of urea groups is 1. The molecule has 0 heterocycles. The Balaban J connectivity index is 3.59. The maximum atomic E-state index is 11.2. The number of amides is 3. The van der Waals surface area contributed by atoms with Crippen LogP contribution in [0.4, 0.5) is 4.79 Å². The molecule has 0 aromatic heterocycles. The standard InChI is InChI=1S/C12H20N2O5/c1-9(2)19-8-4-3-7-13-12(18)14-10(15)5-6-11(16)17/h5-6,9H,3-4,7-8H2,1-2H3,(H,16,17)(H2,13,14,15,18)/b6-5+. The first-order valence-corrected chi connectivity index (χ1v) is 6.03. The van der Waals surface area contributed by atoms with E-state index in [1.165, 1.54) is 0 Å². The second-order valence-corrected chi connectivity index (χ2v) is 4.04. The van der Waals surface area contributed by atoms with Crippen molar-refractivity contribution in [3.8, 4) is 0 Å². The van der Waals surface area contributed by atoms with E-state index in [0.717, 1.165) is 18.9 Å². The third-order valence-corrected chi connectivity index (χ3v) is 1.92. The fourth-order valence-electron chi connectivity index (χ4n) is 1.09. The SMILES string of the molecule is CC(C)OCCCCNC(=O)NC(=O)/C=C/C(=O)O. The number of imide groups is 1. The van der Waals surface area contributed by atoms with Crippen molar-refractivity contribution >= 4 is 17.9 Å². The molecule has 0 saturated heterocycles. The molecule has 3 amide bonds. The van der Waals surface area contributed by atoms with Gasteiger partial charge in [0.15, 0.2) is 0 Å². The van der Waals surface area contributed by atoms with E-state index in [9.17, 15) is 14.4 Å². The van der Waals surface area contributed by atoms with Gasteiger partial charge >= 0.3 is 12.0 Å². The molecule has 0 aromatic carbocycles. The van der Waals surface area contributed by atoms with E-state index < -0.39 is 17.9 Å². The highest BCUT2D eigenvalue weighted by atomic mass is 16.5. The van der Waals surface area contributed by atoms with Gasteiger partial charge in [-0.2, -0.15) is 0 Å². The van der Waals surface area contributed by atoms with Crippen LogP contribution in [0.2, 0.25) is 0 Å². The largest absolute Gasteiger partial charge is 0.478 e. The number of carbonyl (C=O) groups excluding carboxylic acids is 2. The summed E-state index contributed by atoms with van der Waals surface area (Å²) in [5.41, 5.74) is 0. The Labute approximate surface area is 112 Å². The van der Waals surface area contributed by atoms with Crippen molar-refractivity contribution in [2.45, 2.75) is 32.8 Å². The molecule has 0 radical (unpaired) electrons. The summed E-state index contributed by atoms with van der Waals surface area (Å²) in [6.07, 6.45) is 3.17. The molecule has 0 aliphatic rings. The van der Waals surface area contributed by atoms with E-state index in [2.05, 4.69) is 5.32 Å². The lowest BCUT2D eigenvalue weighted by Crippen LogP contribution is -2.39. The molecule has 0 atom stereocenters. The fraction of sp³-hybridized carbons (Fsp3) is 0.583. The molecule has 3 N–H and O–H groups in total. The molecule has 7 heteroatoms. The highest BCUT2D eigenvalue weighted by molar-refractivity contribution is 6.02. The molecule has 0 bridgehead atoms.